The molecule has 3 nitrogen and oxygen atoms in total. The Morgan fingerprint density at radius 2 is 1.78 bits per heavy atom. The summed E-state index contributed by atoms with van der Waals surface area (Å²) < 4.78 is 31.6. The smallest absolute Gasteiger partial charge is 0.264 e. The number of alkyl halides is 2. The zero-order chi connectivity index (χ0) is 13.0. The highest BCUT2D eigenvalue weighted by molar-refractivity contribution is 5.48. The van der Waals surface area contributed by atoms with Gasteiger partial charge in [-0.25, -0.2) is 8.78 Å². The van der Waals surface area contributed by atoms with Crippen LogP contribution >= 0.6 is 0 Å². The van der Waals surface area contributed by atoms with Crippen molar-refractivity contribution in [3.05, 3.63) is 29.8 Å². The standard InChI is InChI=1S/C13H18F2N2O/c14-13(15,10-16)9-11-1-3-12(4-2-11)17-5-7-18-8-6-17/h1-4H,5-10,16H2. The first-order chi connectivity index (χ1) is 8.61. The van der Waals surface area contributed by atoms with Gasteiger partial charge in [0, 0.05) is 25.2 Å². The Balaban J connectivity index is 2.00. The Kier molecular flexibility index (Phi) is 4.14. The number of nitrogens with two attached hydrogens (primary N) is 1. The van der Waals surface area contributed by atoms with Crippen molar-refractivity contribution >= 4 is 5.69 Å². The largest absolute Gasteiger partial charge is 0.378 e. The number of hydrogen-bond donors (Lipinski definition) is 1. The zero-order valence-electron chi connectivity index (χ0n) is 10.2. The second kappa shape index (κ2) is 5.63. The maximum absolute atomic E-state index is 13.1. The summed E-state index contributed by atoms with van der Waals surface area (Å²) >= 11 is 0. The molecule has 0 atom stereocenters. The maximum atomic E-state index is 13.1. The minimum absolute atomic E-state index is 0.299. The predicted molar refractivity (Wildman–Crippen MR) is 67.2 cm³/mol. The Bertz CT molecular complexity index is 375. The van der Waals surface area contributed by atoms with Crippen LogP contribution in [-0.4, -0.2) is 38.8 Å². The zero-order valence-corrected chi connectivity index (χ0v) is 10.2. The molecule has 0 saturated carbocycles. The van der Waals surface area contributed by atoms with Gasteiger partial charge in [0.1, 0.15) is 0 Å². The van der Waals surface area contributed by atoms with E-state index in [4.69, 9.17) is 10.5 Å². The van der Waals surface area contributed by atoms with Gasteiger partial charge in [0.15, 0.2) is 0 Å². The first-order valence-electron chi connectivity index (χ1n) is 6.10. The molecule has 0 amide bonds. The van der Waals surface area contributed by atoms with E-state index in [1.165, 1.54) is 0 Å². The van der Waals surface area contributed by atoms with Gasteiger partial charge >= 0.3 is 0 Å². The molecule has 5 heteroatoms. The van der Waals surface area contributed by atoms with E-state index in [1.807, 2.05) is 12.1 Å². The number of hydrogen-bond acceptors (Lipinski definition) is 3. The van der Waals surface area contributed by atoms with E-state index in [9.17, 15) is 8.78 Å². The number of halogens is 2. The van der Waals surface area contributed by atoms with Crippen molar-refractivity contribution in [2.24, 2.45) is 5.73 Å². The van der Waals surface area contributed by atoms with Gasteiger partial charge in [-0.3, -0.25) is 0 Å². The molecule has 100 valence electrons. The second-order valence-electron chi connectivity index (χ2n) is 4.50. The summed E-state index contributed by atoms with van der Waals surface area (Å²) in [6.07, 6.45) is -0.299. The fourth-order valence-electron chi connectivity index (χ4n) is 2.02. The summed E-state index contributed by atoms with van der Waals surface area (Å²) in [4.78, 5) is 2.19. The van der Waals surface area contributed by atoms with E-state index in [0.29, 0.717) is 18.8 Å². The Morgan fingerprint density at radius 1 is 1.17 bits per heavy atom. The van der Waals surface area contributed by atoms with Crippen LogP contribution in [0, 0.1) is 0 Å². The lowest BCUT2D eigenvalue weighted by molar-refractivity contribution is 0.0115. The molecule has 18 heavy (non-hydrogen) atoms. The third kappa shape index (κ3) is 3.40. The molecule has 1 aromatic carbocycles. The van der Waals surface area contributed by atoms with Crippen LogP contribution < -0.4 is 10.6 Å². The van der Waals surface area contributed by atoms with Crippen LogP contribution in [0.3, 0.4) is 0 Å². The van der Waals surface area contributed by atoms with Gasteiger partial charge in [0.25, 0.3) is 5.92 Å². The number of nitrogens with zero attached hydrogens (tertiary/aromatic N) is 1. The molecule has 0 aromatic heterocycles. The lowest BCUT2D eigenvalue weighted by atomic mass is 10.1. The molecule has 1 aromatic rings. The highest BCUT2D eigenvalue weighted by Crippen LogP contribution is 2.22. The number of benzene rings is 1. The van der Waals surface area contributed by atoms with Crippen LogP contribution in [0.2, 0.25) is 0 Å². The summed E-state index contributed by atoms with van der Waals surface area (Å²) in [6.45, 7) is 2.51. The first-order valence-corrected chi connectivity index (χ1v) is 6.10. The molecular formula is C13H18F2N2O. The first kappa shape index (κ1) is 13.2. The van der Waals surface area contributed by atoms with E-state index in [1.54, 1.807) is 12.1 Å². The molecule has 0 unspecified atom stereocenters. The second-order valence-corrected chi connectivity index (χ2v) is 4.50. The Morgan fingerprint density at radius 3 is 2.33 bits per heavy atom. The summed E-state index contributed by atoms with van der Waals surface area (Å²) in [7, 11) is 0. The molecular weight excluding hydrogens is 238 g/mol. The number of rotatable bonds is 4. The lowest BCUT2D eigenvalue weighted by Crippen LogP contribution is -2.36. The van der Waals surface area contributed by atoms with Gasteiger partial charge < -0.3 is 15.4 Å². The van der Waals surface area contributed by atoms with Crippen LogP contribution in [-0.2, 0) is 11.2 Å². The third-order valence-corrected chi connectivity index (χ3v) is 3.07. The van der Waals surface area contributed by atoms with Gasteiger partial charge in [-0.05, 0) is 17.7 Å². The SMILES string of the molecule is NCC(F)(F)Cc1ccc(N2CCOCC2)cc1. The summed E-state index contributed by atoms with van der Waals surface area (Å²) in [5, 5.41) is 0. The number of anilines is 1. The van der Waals surface area contributed by atoms with Crippen LogP contribution in [0.4, 0.5) is 14.5 Å². The highest BCUT2D eigenvalue weighted by Gasteiger charge is 2.26. The van der Waals surface area contributed by atoms with Crippen molar-refractivity contribution in [2.75, 3.05) is 37.7 Å². The average Bonchev–Trinajstić information content (AvgIpc) is 2.40. The minimum atomic E-state index is -2.82. The fraction of sp³-hybridized carbons (Fsp3) is 0.538. The normalized spacial score (nSPS) is 16.9. The maximum Gasteiger partial charge on any atom is 0.264 e. The number of morpholine rings is 1. The van der Waals surface area contributed by atoms with Crippen molar-refractivity contribution in [1.29, 1.82) is 0 Å². The highest BCUT2D eigenvalue weighted by atomic mass is 19.3. The van der Waals surface area contributed by atoms with Gasteiger partial charge in [0.05, 0.1) is 19.8 Å². The molecule has 0 radical (unpaired) electrons. The van der Waals surface area contributed by atoms with Crippen LogP contribution in [0.5, 0.6) is 0 Å². The summed E-state index contributed by atoms with van der Waals surface area (Å²) in [5.74, 6) is -2.82. The number of ether oxygens (including phenoxy) is 1. The quantitative estimate of drug-likeness (QED) is 0.890. The van der Waals surface area contributed by atoms with Gasteiger partial charge in [0.2, 0.25) is 0 Å². The van der Waals surface area contributed by atoms with E-state index in [0.717, 1.165) is 18.8 Å². The molecule has 1 fully saturated rings. The van der Waals surface area contributed by atoms with Crippen molar-refractivity contribution in [2.45, 2.75) is 12.3 Å². The molecule has 0 aliphatic carbocycles. The minimum Gasteiger partial charge on any atom is -0.378 e. The molecule has 0 spiro atoms. The van der Waals surface area contributed by atoms with E-state index in [2.05, 4.69) is 4.90 Å². The Hall–Kier alpha value is -1.20. The topological polar surface area (TPSA) is 38.5 Å². The fourth-order valence-corrected chi connectivity index (χ4v) is 2.02. The Labute approximate surface area is 106 Å². The predicted octanol–water partition coefficient (Wildman–Crippen LogP) is 1.66. The van der Waals surface area contributed by atoms with Crippen LogP contribution in [0.25, 0.3) is 0 Å². The van der Waals surface area contributed by atoms with E-state index in [-0.39, 0.29) is 6.42 Å². The van der Waals surface area contributed by atoms with Gasteiger partial charge in [-0.1, -0.05) is 12.1 Å². The lowest BCUT2D eigenvalue weighted by Gasteiger charge is -2.29. The monoisotopic (exact) mass is 256 g/mol. The van der Waals surface area contributed by atoms with Crippen LogP contribution in [0.15, 0.2) is 24.3 Å². The average molecular weight is 256 g/mol. The molecule has 2 rings (SSSR count). The van der Waals surface area contributed by atoms with Crippen molar-refractivity contribution < 1.29 is 13.5 Å². The van der Waals surface area contributed by atoms with Crippen molar-refractivity contribution in [1.82, 2.24) is 0 Å². The van der Waals surface area contributed by atoms with E-state index >= 15 is 0 Å². The summed E-state index contributed by atoms with van der Waals surface area (Å²) in [6, 6.07) is 7.25. The van der Waals surface area contributed by atoms with Crippen molar-refractivity contribution in [3.8, 4) is 0 Å². The third-order valence-electron chi connectivity index (χ3n) is 3.07. The van der Waals surface area contributed by atoms with Crippen molar-refractivity contribution in [3.63, 3.8) is 0 Å². The van der Waals surface area contributed by atoms with Crippen LogP contribution in [0.1, 0.15) is 5.56 Å². The molecule has 1 heterocycles. The van der Waals surface area contributed by atoms with Gasteiger partial charge in [-0.2, -0.15) is 0 Å². The summed E-state index contributed by atoms with van der Waals surface area (Å²) in [5.41, 5.74) is 6.70. The van der Waals surface area contributed by atoms with E-state index < -0.39 is 12.5 Å². The molecule has 0 bridgehead atoms. The molecule has 1 aliphatic heterocycles. The molecule has 1 aliphatic rings. The molecule has 1 saturated heterocycles. The molecule has 2 N–H and O–H groups in total. The van der Waals surface area contributed by atoms with Gasteiger partial charge in [-0.15, -0.1) is 0 Å².